The molecule has 2 aromatic rings. The fourth-order valence-corrected chi connectivity index (χ4v) is 1.79. The van der Waals surface area contributed by atoms with E-state index in [1.165, 1.54) is 5.56 Å². The average molecular weight is 316 g/mol. The molecule has 1 heterocycles. The van der Waals surface area contributed by atoms with Crippen LogP contribution >= 0.6 is 31.9 Å². The molecule has 4 heteroatoms. The van der Waals surface area contributed by atoms with E-state index in [1.807, 2.05) is 23.0 Å². The molecule has 2 nitrogen and oxygen atoms in total. The Bertz CT molecular complexity index is 420. The predicted molar refractivity (Wildman–Crippen MR) is 63.2 cm³/mol. The van der Waals surface area contributed by atoms with Gasteiger partial charge in [-0.1, -0.05) is 28.1 Å². The van der Waals surface area contributed by atoms with Crippen LogP contribution in [0.1, 0.15) is 5.56 Å². The van der Waals surface area contributed by atoms with Crippen molar-refractivity contribution >= 4 is 31.9 Å². The second-order valence-corrected chi connectivity index (χ2v) is 4.81. The number of hydrogen-bond donors (Lipinski definition) is 0. The molecule has 0 N–H and O–H groups in total. The molecule has 1 aromatic heterocycles. The first-order valence-electron chi connectivity index (χ1n) is 4.16. The van der Waals surface area contributed by atoms with Gasteiger partial charge in [0.05, 0.1) is 17.2 Å². The van der Waals surface area contributed by atoms with Crippen molar-refractivity contribution in [1.29, 1.82) is 0 Å². The van der Waals surface area contributed by atoms with Gasteiger partial charge in [0.25, 0.3) is 0 Å². The number of rotatable bonds is 2. The molecule has 0 amide bonds. The minimum Gasteiger partial charge on any atom is -0.267 e. The van der Waals surface area contributed by atoms with Crippen LogP contribution in [0, 0.1) is 0 Å². The van der Waals surface area contributed by atoms with Crippen molar-refractivity contribution in [2.75, 3.05) is 0 Å². The lowest BCUT2D eigenvalue weighted by molar-refractivity contribution is 0.686. The summed E-state index contributed by atoms with van der Waals surface area (Å²) in [7, 11) is 0. The maximum atomic E-state index is 4.19. The van der Waals surface area contributed by atoms with E-state index in [2.05, 4.69) is 49.1 Å². The highest BCUT2D eigenvalue weighted by Gasteiger charge is 1.97. The fourth-order valence-electron chi connectivity index (χ4n) is 1.20. The summed E-state index contributed by atoms with van der Waals surface area (Å²) in [4.78, 5) is 0. The van der Waals surface area contributed by atoms with Gasteiger partial charge in [-0.3, -0.25) is 4.68 Å². The van der Waals surface area contributed by atoms with Crippen molar-refractivity contribution in [3.8, 4) is 0 Å². The lowest BCUT2D eigenvalue weighted by Crippen LogP contribution is -1.99. The van der Waals surface area contributed by atoms with Gasteiger partial charge < -0.3 is 0 Å². The number of benzene rings is 1. The van der Waals surface area contributed by atoms with E-state index in [1.54, 1.807) is 6.20 Å². The summed E-state index contributed by atoms with van der Waals surface area (Å²) in [5, 5.41) is 4.19. The van der Waals surface area contributed by atoms with Crippen LogP contribution in [-0.2, 0) is 6.54 Å². The molecule has 0 saturated carbocycles. The largest absolute Gasteiger partial charge is 0.267 e. The average Bonchev–Trinajstić information content (AvgIpc) is 2.56. The van der Waals surface area contributed by atoms with Crippen LogP contribution in [0.3, 0.4) is 0 Å². The molecule has 0 spiro atoms. The smallest absolute Gasteiger partial charge is 0.0659 e. The molecule has 72 valence electrons. The van der Waals surface area contributed by atoms with E-state index in [4.69, 9.17) is 0 Å². The third kappa shape index (κ3) is 2.45. The van der Waals surface area contributed by atoms with Crippen molar-refractivity contribution in [2.45, 2.75) is 6.54 Å². The summed E-state index contributed by atoms with van der Waals surface area (Å²) in [6.45, 7) is 0.804. The molecule has 0 unspecified atom stereocenters. The van der Waals surface area contributed by atoms with E-state index in [0.29, 0.717) is 0 Å². The Morgan fingerprint density at radius 3 is 2.36 bits per heavy atom. The van der Waals surface area contributed by atoms with Gasteiger partial charge in [-0.15, -0.1) is 0 Å². The van der Waals surface area contributed by atoms with Gasteiger partial charge in [0.1, 0.15) is 0 Å². The second-order valence-electron chi connectivity index (χ2n) is 2.98. The molecule has 1 aromatic carbocycles. The molecule has 2 rings (SSSR count). The highest BCUT2D eigenvalue weighted by molar-refractivity contribution is 9.10. The summed E-state index contributed by atoms with van der Waals surface area (Å²) in [6.07, 6.45) is 3.75. The molecule has 0 aliphatic heterocycles. The number of halogens is 2. The molecule has 0 saturated heterocycles. The number of nitrogens with zero attached hydrogens (tertiary/aromatic N) is 2. The summed E-state index contributed by atoms with van der Waals surface area (Å²) >= 11 is 6.77. The highest BCUT2D eigenvalue weighted by atomic mass is 79.9. The van der Waals surface area contributed by atoms with Gasteiger partial charge in [0.2, 0.25) is 0 Å². The van der Waals surface area contributed by atoms with Crippen LogP contribution < -0.4 is 0 Å². The van der Waals surface area contributed by atoms with Crippen molar-refractivity contribution in [3.63, 3.8) is 0 Å². The molecule has 14 heavy (non-hydrogen) atoms. The first-order chi connectivity index (χ1) is 6.74. The zero-order valence-electron chi connectivity index (χ0n) is 7.32. The minimum atomic E-state index is 0.804. The first kappa shape index (κ1) is 9.93. The van der Waals surface area contributed by atoms with E-state index in [0.717, 1.165) is 15.5 Å². The summed E-state index contributed by atoms with van der Waals surface area (Å²) in [6, 6.07) is 8.24. The standard InChI is InChI=1S/C10H8Br2N2/c11-9-3-1-8(2-4-9)6-14-7-10(12)5-13-14/h1-5,7H,6H2. The van der Waals surface area contributed by atoms with Gasteiger partial charge in [0.15, 0.2) is 0 Å². The molecular weight excluding hydrogens is 308 g/mol. The normalized spacial score (nSPS) is 10.4. The fraction of sp³-hybridized carbons (Fsp3) is 0.100. The van der Waals surface area contributed by atoms with Gasteiger partial charge >= 0.3 is 0 Å². The zero-order valence-corrected chi connectivity index (χ0v) is 10.5. The van der Waals surface area contributed by atoms with E-state index < -0.39 is 0 Å². The van der Waals surface area contributed by atoms with Crippen molar-refractivity contribution in [3.05, 3.63) is 51.2 Å². The van der Waals surface area contributed by atoms with Crippen LogP contribution in [0.15, 0.2) is 45.6 Å². The summed E-state index contributed by atoms with van der Waals surface area (Å²) in [5.74, 6) is 0. The topological polar surface area (TPSA) is 17.8 Å². The molecule has 0 radical (unpaired) electrons. The maximum Gasteiger partial charge on any atom is 0.0659 e. The molecule has 0 fully saturated rings. The van der Waals surface area contributed by atoms with Crippen LogP contribution in [0.4, 0.5) is 0 Å². The van der Waals surface area contributed by atoms with Crippen LogP contribution in [0.5, 0.6) is 0 Å². The monoisotopic (exact) mass is 314 g/mol. The molecule has 0 atom stereocenters. The Hall–Kier alpha value is -0.610. The highest BCUT2D eigenvalue weighted by Crippen LogP contribution is 2.12. The summed E-state index contributed by atoms with van der Waals surface area (Å²) < 4.78 is 4.00. The Labute approximate surface area is 99.2 Å². The van der Waals surface area contributed by atoms with Crippen molar-refractivity contribution < 1.29 is 0 Å². The molecule has 0 aliphatic carbocycles. The lowest BCUT2D eigenvalue weighted by Gasteiger charge is -2.01. The van der Waals surface area contributed by atoms with E-state index >= 15 is 0 Å². The Balaban J connectivity index is 2.15. The Morgan fingerprint density at radius 1 is 1.07 bits per heavy atom. The minimum absolute atomic E-state index is 0.804. The molecular formula is C10H8Br2N2. The van der Waals surface area contributed by atoms with Crippen molar-refractivity contribution in [1.82, 2.24) is 9.78 Å². The number of hydrogen-bond acceptors (Lipinski definition) is 1. The van der Waals surface area contributed by atoms with Crippen molar-refractivity contribution in [2.24, 2.45) is 0 Å². The third-order valence-corrected chi connectivity index (χ3v) is 2.80. The van der Waals surface area contributed by atoms with E-state index in [9.17, 15) is 0 Å². The number of aromatic nitrogens is 2. The lowest BCUT2D eigenvalue weighted by atomic mass is 10.2. The quantitative estimate of drug-likeness (QED) is 0.830. The van der Waals surface area contributed by atoms with Crippen LogP contribution in [0.2, 0.25) is 0 Å². The van der Waals surface area contributed by atoms with Crippen LogP contribution in [-0.4, -0.2) is 9.78 Å². The van der Waals surface area contributed by atoms with Gasteiger partial charge in [0, 0.05) is 10.7 Å². The first-order valence-corrected chi connectivity index (χ1v) is 5.75. The molecule has 0 bridgehead atoms. The van der Waals surface area contributed by atoms with Gasteiger partial charge in [-0.2, -0.15) is 5.10 Å². The summed E-state index contributed by atoms with van der Waals surface area (Å²) in [5.41, 5.74) is 1.24. The maximum absolute atomic E-state index is 4.19. The SMILES string of the molecule is Brc1ccc(Cn2cc(Br)cn2)cc1. The van der Waals surface area contributed by atoms with Crippen LogP contribution in [0.25, 0.3) is 0 Å². The Morgan fingerprint density at radius 2 is 1.79 bits per heavy atom. The Kier molecular flexibility index (Phi) is 3.03. The van der Waals surface area contributed by atoms with Gasteiger partial charge in [-0.25, -0.2) is 0 Å². The van der Waals surface area contributed by atoms with E-state index in [-0.39, 0.29) is 0 Å². The third-order valence-electron chi connectivity index (χ3n) is 1.86. The zero-order chi connectivity index (χ0) is 9.97. The van der Waals surface area contributed by atoms with Gasteiger partial charge in [-0.05, 0) is 33.6 Å². The molecule has 0 aliphatic rings. The predicted octanol–water partition coefficient (Wildman–Crippen LogP) is 3.46. The second kappa shape index (κ2) is 4.28.